The average molecular weight is 410 g/mol. The Kier molecular flexibility index (Phi) is 7.21. The number of carbonyl (C=O) groups is 3. The number of nitrogens with one attached hydrogen (secondary N) is 1. The molecule has 0 fully saturated rings. The summed E-state index contributed by atoms with van der Waals surface area (Å²) in [6.45, 7) is 2.48. The van der Waals surface area contributed by atoms with Crippen molar-refractivity contribution in [2.45, 2.75) is 20.0 Å². The molecule has 2 aromatic rings. The molecule has 0 aliphatic rings. The molecular formula is C19H17Cl2NO5. The van der Waals surface area contributed by atoms with Gasteiger partial charge in [-0.3, -0.25) is 9.59 Å². The number of hydrogen-bond acceptors (Lipinski definition) is 5. The van der Waals surface area contributed by atoms with E-state index < -0.39 is 24.6 Å². The maximum absolute atomic E-state index is 12.1. The van der Waals surface area contributed by atoms with Crippen LogP contribution in [0, 0.1) is 0 Å². The lowest BCUT2D eigenvalue weighted by molar-refractivity contribution is -0.155. The minimum absolute atomic E-state index is 0.0732. The highest BCUT2D eigenvalue weighted by Crippen LogP contribution is 2.27. The lowest BCUT2D eigenvalue weighted by atomic mass is 10.1. The molecule has 0 radical (unpaired) electrons. The van der Waals surface area contributed by atoms with E-state index in [9.17, 15) is 14.4 Å². The van der Waals surface area contributed by atoms with Gasteiger partial charge in [-0.05, 0) is 56.3 Å². The zero-order valence-corrected chi connectivity index (χ0v) is 16.1. The number of halogens is 2. The Hall–Kier alpha value is -2.57. The molecule has 27 heavy (non-hydrogen) atoms. The van der Waals surface area contributed by atoms with Crippen molar-refractivity contribution in [3.63, 3.8) is 0 Å². The van der Waals surface area contributed by atoms with Crippen LogP contribution < -0.4 is 10.1 Å². The van der Waals surface area contributed by atoms with Crippen molar-refractivity contribution in [1.29, 1.82) is 0 Å². The van der Waals surface area contributed by atoms with Crippen molar-refractivity contribution in [3.8, 4) is 5.75 Å². The standard InChI is InChI=1S/C19H17Cl2NO5/c1-11(23)13-3-6-15(7-4-13)22-19(25)12(2)27-18(24)10-26-17-8-5-14(20)9-16(17)21/h3-9,12H,10H2,1-2H3,(H,22,25)/t12-/m1/s1. The highest BCUT2D eigenvalue weighted by molar-refractivity contribution is 6.35. The van der Waals surface area contributed by atoms with Crippen LogP contribution in [-0.2, 0) is 14.3 Å². The first-order valence-corrected chi connectivity index (χ1v) is 8.71. The second kappa shape index (κ2) is 9.39. The summed E-state index contributed by atoms with van der Waals surface area (Å²) in [5, 5.41) is 3.30. The highest BCUT2D eigenvalue weighted by Gasteiger charge is 2.18. The molecule has 0 heterocycles. The quantitative estimate of drug-likeness (QED) is 0.548. The van der Waals surface area contributed by atoms with E-state index in [1.807, 2.05) is 0 Å². The van der Waals surface area contributed by atoms with Gasteiger partial charge in [0.25, 0.3) is 5.91 Å². The summed E-state index contributed by atoms with van der Waals surface area (Å²) >= 11 is 11.7. The molecule has 142 valence electrons. The average Bonchev–Trinajstić information content (AvgIpc) is 2.61. The maximum atomic E-state index is 12.1. The molecule has 2 aromatic carbocycles. The van der Waals surface area contributed by atoms with Crippen molar-refractivity contribution in [3.05, 3.63) is 58.1 Å². The first kappa shape index (κ1) is 20.7. The van der Waals surface area contributed by atoms with Gasteiger partial charge in [0.15, 0.2) is 18.5 Å². The number of carbonyl (C=O) groups excluding carboxylic acids is 3. The van der Waals surface area contributed by atoms with Gasteiger partial charge >= 0.3 is 5.97 Å². The van der Waals surface area contributed by atoms with Gasteiger partial charge in [0.05, 0.1) is 5.02 Å². The smallest absolute Gasteiger partial charge is 0.344 e. The van der Waals surface area contributed by atoms with Crippen LogP contribution in [0.25, 0.3) is 0 Å². The Bertz CT molecular complexity index is 852. The second-order valence-corrected chi connectivity index (χ2v) is 6.46. The Balaban J connectivity index is 1.84. The largest absolute Gasteiger partial charge is 0.480 e. The van der Waals surface area contributed by atoms with Crippen molar-refractivity contribution in [2.75, 3.05) is 11.9 Å². The SMILES string of the molecule is CC(=O)c1ccc(NC(=O)[C@@H](C)OC(=O)COc2ccc(Cl)cc2Cl)cc1. The normalized spacial score (nSPS) is 11.4. The molecule has 0 aromatic heterocycles. The zero-order chi connectivity index (χ0) is 20.0. The fraction of sp³-hybridized carbons (Fsp3) is 0.211. The summed E-state index contributed by atoms with van der Waals surface area (Å²) in [6.07, 6.45) is -1.03. The Morgan fingerprint density at radius 3 is 2.33 bits per heavy atom. The van der Waals surface area contributed by atoms with E-state index in [2.05, 4.69) is 5.32 Å². The van der Waals surface area contributed by atoms with Gasteiger partial charge in [-0.15, -0.1) is 0 Å². The van der Waals surface area contributed by atoms with Crippen LogP contribution in [0.15, 0.2) is 42.5 Å². The number of hydrogen-bond donors (Lipinski definition) is 1. The zero-order valence-electron chi connectivity index (χ0n) is 14.6. The van der Waals surface area contributed by atoms with Crippen LogP contribution in [0.5, 0.6) is 5.75 Å². The molecule has 0 unspecified atom stereocenters. The van der Waals surface area contributed by atoms with E-state index >= 15 is 0 Å². The van der Waals surface area contributed by atoms with E-state index in [1.165, 1.54) is 26.0 Å². The summed E-state index contributed by atoms with van der Waals surface area (Å²) in [7, 11) is 0. The molecule has 1 atom stereocenters. The number of rotatable bonds is 7. The molecule has 2 rings (SSSR count). The first-order valence-electron chi connectivity index (χ1n) is 7.95. The van der Waals surface area contributed by atoms with Crippen molar-refractivity contribution in [2.24, 2.45) is 0 Å². The van der Waals surface area contributed by atoms with E-state index in [0.717, 1.165) is 0 Å². The maximum Gasteiger partial charge on any atom is 0.344 e. The number of anilines is 1. The van der Waals surface area contributed by atoms with Crippen molar-refractivity contribution in [1.82, 2.24) is 0 Å². The van der Waals surface area contributed by atoms with Gasteiger partial charge in [-0.2, -0.15) is 0 Å². The van der Waals surface area contributed by atoms with E-state index in [-0.39, 0.29) is 16.6 Å². The molecule has 1 N–H and O–H groups in total. The van der Waals surface area contributed by atoms with Crippen molar-refractivity contribution < 1.29 is 23.9 Å². The fourth-order valence-electron chi connectivity index (χ4n) is 2.05. The van der Waals surface area contributed by atoms with E-state index in [0.29, 0.717) is 16.3 Å². The van der Waals surface area contributed by atoms with Gasteiger partial charge in [0, 0.05) is 16.3 Å². The molecule has 1 amide bonds. The van der Waals surface area contributed by atoms with Crippen LogP contribution in [0.1, 0.15) is 24.2 Å². The second-order valence-electron chi connectivity index (χ2n) is 5.62. The van der Waals surface area contributed by atoms with Gasteiger partial charge in [0.2, 0.25) is 0 Å². The minimum atomic E-state index is -1.03. The molecule has 0 aliphatic heterocycles. The predicted octanol–water partition coefficient (Wildman–Crippen LogP) is 4.15. The monoisotopic (exact) mass is 409 g/mol. The summed E-state index contributed by atoms with van der Waals surface area (Å²) in [6, 6.07) is 11.0. The third-order valence-electron chi connectivity index (χ3n) is 3.48. The van der Waals surface area contributed by atoms with Gasteiger partial charge in [-0.1, -0.05) is 23.2 Å². The highest BCUT2D eigenvalue weighted by atomic mass is 35.5. The number of amides is 1. The first-order chi connectivity index (χ1) is 12.8. The molecule has 0 saturated heterocycles. The third-order valence-corrected chi connectivity index (χ3v) is 4.01. The lowest BCUT2D eigenvalue weighted by Crippen LogP contribution is -2.31. The summed E-state index contributed by atoms with van der Waals surface area (Å²) in [4.78, 5) is 35.2. The Morgan fingerprint density at radius 2 is 1.74 bits per heavy atom. The van der Waals surface area contributed by atoms with Gasteiger partial charge < -0.3 is 14.8 Å². The number of ether oxygens (including phenoxy) is 2. The Labute approximate surface area is 166 Å². The number of esters is 1. The molecule has 0 saturated carbocycles. The summed E-state index contributed by atoms with van der Waals surface area (Å²) in [5.74, 6) is -1.03. The third kappa shape index (κ3) is 6.27. The molecule has 0 aliphatic carbocycles. The molecule has 0 spiro atoms. The van der Waals surface area contributed by atoms with Crippen LogP contribution in [0.4, 0.5) is 5.69 Å². The van der Waals surface area contributed by atoms with Gasteiger partial charge in [-0.25, -0.2) is 4.79 Å². The van der Waals surface area contributed by atoms with Crippen LogP contribution in [0.3, 0.4) is 0 Å². The van der Waals surface area contributed by atoms with Crippen molar-refractivity contribution >= 4 is 46.5 Å². The minimum Gasteiger partial charge on any atom is -0.480 e. The molecule has 0 bridgehead atoms. The summed E-state index contributed by atoms with van der Waals surface area (Å²) in [5.41, 5.74) is 1.02. The van der Waals surface area contributed by atoms with E-state index in [4.69, 9.17) is 32.7 Å². The number of ketones is 1. The van der Waals surface area contributed by atoms with Gasteiger partial charge in [0.1, 0.15) is 5.75 Å². The molecule has 6 nitrogen and oxygen atoms in total. The lowest BCUT2D eigenvalue weighted by Gasteiger charge is -2.14. The summed E-state index contributed by atoms with van der Waals surface area (Å²) < 4.78 is 10.3. The number of Topliss-reactive ketones (excluding diaryl/α,β-unsaturated/α-hetero) is 1. The number of benzene rings is 2. The van der Waals surface area contributed by atoms with Crippen LogP contribution >= 0.6 is 23.2 Å². The predicted molar refractivity (Wildman–Crippen MR) is 103 cm³/mol. The van der Waals surface area contributed by atoms with E-state index in [1.54, 1.807) is 30.3 Å². The molecular weight excluding hydrogens is 393 g/mol. The van der Waals surface area contributed by atoms with Crippen LogP contribution in [0.2, 0.25) is 10.0 Å². The Morgan fingerprint density at radius 1 is 1.07 bits per heavy atom. The fourth-order valence-corrected chi connectivity index (χ4v) is 2.51. The van der Waals surface area contributed by atoms with Crippen LogP contribution in [-0.4, -0.2) is 30.4 Å². The molecule has 8 heteroatoms. The topological polar surface area (TPSA) is 81.7 Å².